The molecule has 1 fully saturated rings. The molecule has 9 rings (SSSR count). The van der Waals surface area contributed by atoms with E-state index in [-0.39, 0.29) is 56.4 Å². The Morgan fingerprint density at radius 2 is 0.782 bits per heavy atom. The number of ether oxygens (including phenoxy) is 2. The molecule has 2 atom stereocenters. The highest BCUT2D eigenvalue weighted by Gasteiger charge is 2.42. The molecule has 0 aromatic heterocycles. The summed E-state index contributed by atoms with van der Waals surface area (Å²) >= 11 is 0. The fraction of sp³-hybridized carbons (Fsp3) is 0.412. The van der Waals surface area contributed by atoms with Crippen molar-refractivity contribution in [3.05, 3.63) is 152 Å². The molecule has 0 saturated heterocycles. The standard InChI is InChI=1S/C68H78N2O8/c1-63(2,3)41-27-45(57-49(31-41)67(13,14)51-33-43(65(7,8)9)29-47(61(73)74)59(51)77-57)37-21-23-55(71)39(25-37)35-69-53-19-17-18-20-54(53)70-36-40-26-38(22-24-56(40)72)46-28-42(64(4,5)6)32-50-58(46)78-60-48(62(75)76)30-44(66(10,11)12)34-52(60)68(50,15)16/h21-36,53-54,71-72H,17-20H2,1-16H3,(H,73,74)(H,75,76)/t53-,54-/m1/s1. The maximum Gasteiger partial charge on any atom is 0.339 e. The summed E-state index contributed by atoms with van der Waals surface area (Å²) in [6.07, 6.45) is 6.97. The number of aliphatic imine (C=N–C) groups is 2. The van der Waals surface area contributed by atoms with Crippen LogP contribution in [0.5, 0.6) is 34.5 Å². The van der Waals surface area contributed by atoms with Gasteiger partial charge in [-0.05, 0) is 116 Å². The Labute approximate surface area is 461 Å². The number of phenolic OH excluding ortho intramolecular Hbond substituents is 2. The molecule has 3 aliphatic rings. The van der Waals surface area contributed by atoms with Crippen LogP contribution in [-0.4, -0.2) is 56.9 Å². The van der Waals surface area contributed by atoms with E-state index < -0.39 is 22.8 Å². The Balaban J connectivity index is 1.06. The smallest absolute Gasteiger partial charge is 0.339 e. The highest BCUT2D eigenvalue weighted by atomic mass is 16.5. The second-order valence-corrected chi connectivity index (χ2v) is 27.2. The van der Waals surface area contributed by atoms with E-state index in [1.165, 1.54) is 0 Å². The number of hydrogen-bond acceptors (Lipinski definition) is 8. The summed E-state index contributed by atoms with van der Waals surface area (Å²) in [6.45, 7) is 34.1. The summed E-state index contributed by atoms with van der Waals surface area (Å²) in [5.74, 6) is -0.127. The monoisotopic (exact) mass is 1050 g/mol. The van der Waals surface area contributed by atoms with Crippen LogP contribution in [-0.2, 0) is 32.5 Å². The van der Waals surface area contributed by atoms with Gasteiger partial charge >= 0.3 is 11.9 Å². The molecule has 0 unspecified atom stereocenters. The quantitative estimate of drug-likeness (QED) is 0.110. The number of aromatic hydroxyl groups is 2. The summed E-state index contributed by atoms with van der Waals surface area (Å²) in [6, 6.07) is 26.8. The van der Waals surface area contributed by atoms with Crippen LogP contribution in [0.4, 0.5) is 0 Å². The van der Waals surface area contributed by atoms with Gasteiger partial charge < -0.3 is 29.9 Å². The molecule has 1 saturated carbocycles. The molecule has 0 spiro atoms. The zero-order valence-corrected chi connectivity index (χ0v) is 48.5. The summed E-state index contributed by atoms with van der Waals surface area (Å²) in [5, 5.41) is 44.0. The van der Waals surface area contributed by atoms with Crippen molar-refractivity contribution in [2.24, 2.45) is 9.98 Å². The van der Waals surface area contributed by atoms with Crippen molar-refractivity contribution in [1.29, 1.82) is 0 Å². The minimum absolute atomic E-state index is 0.0674. The highest BCUT2D eigenvalue weighted by molar-refractivity contribution is 5.95. The molecule has 0 amide bonds. The van der Waals surface area contributed by atoms with E-state index in [9.17, 15) is 30.0 Å². The molecular weight excluding hydrogens is 973 g/mol. The highest BCUT2D eigenvalue weighted by Crippen LogP contribution is 2.57. The van der Waals surface area contributed by atoms with Crippen molar-refractivity contribution >= 4 is 24.4 Å². The van der Waals surface area contributed by atoms with Crippen LogP contribution in [0.25, 0.3) is 22.3 Å². The average molecular weight is 1050 g/mol. The maximum atomic E-state index is 12.9. The van der Waals surface area contributed by atoms with Gasteiger partial charge in [-0.1, -0.05) is 160 Å². The summed E-state index contributed by atoms with van der Waals surface area (Å²) < 4.78 is 13.6. The minimum Gasteiger partial charge on any atom is -0.507 e. The Bertz CT molecular complexity index is 3260. The third-order valence-electron chi connectivity index (χ3n) is 16.6. The Morgan fingerprint density at radius 1 is 0.474 bits per heavy atom. The van der Waals surface area contributed by atoms with Crippen LogP contribution in [0.3, 0.4) is 0 Å². The van der Waals surface area contributed by atoms with Crippen molar-refractivity contribution in [2.45, 2.75) is 181 Å². The number of aromatic carboxylic acids is 2. The summed E-state index contributed by atoms with van der Waals surface area (Å²) in [5.41, 5.74) is 9.70. The molecule has 6 aromatic carbocycles. The molecule has 6 aromatic rings. The topological polar surface area (TPSA) is 158 Å². The number of hydrogen-bond donors (Lipinski definition) is 4. The number of nitrogens with zero attached hydrogens (tertiary/aromatic N) is 2. The minimum atomic E-state index is -1.05. The van der Waals surface area contributed by atoms with E-state index in [0.717, 1.165) is 92.4 Å². The van der Waals surface area contributed by atoms with Crippen LogP contribution in [0.1, 0.15) is 213 Å². The molecule has 0 bridgehead atoms. The number of rotatable bonds is 8. The number of benzene rings is 6. The van der Waals surface area contributed by atoms with E-state index in [4.69, 9.17) is 19.5 Å². The van der Waals surface area contributed by atoms with Gasteiger partial charge in [-0.15, -0.1) is 0 Å². The average Bonchev–Trinajstić information content (AvgIpc) is 3.55. The first-order valence-electron chi connectivity index (χ1n) is 27.5. The lowest BCUT2D eigenvalue weighted by molar-refractivity contribution is 0.0682. The van der Waals surface area contributed by atoms with E-state index in [2.05, 4.69) is 147 Å². The third kappa shape index (κ3) is 10.2. The van der Waals surface area contributed by atoms with Crippen LogP contribution in [0.2, 0.25) is 0 Å². The molecule has 408 valence electrons. The van der Waals surface area contributed by atoms with Gasteiger partial charge in [-0.25, -0.2) is 9.59 Å². The van der Waals surface area contributed by atoms with E-state index in [0.29, 0.717) is 34.1 Å². The van der Waals surface area contributed by atoms with Crippen LogP contribution < -0.4 is 9.47 Å². The van der Waals surface area contributed by atoms with E-state index in [1.807, 2.05) is 24.3 Å². The van der Waals surface area contributed by atoms with Crippen LogP contribution in [0.15, 0.2) is 94.9 Å². The van der Waals surface area contributed by atoms with E-state index >= 15 is 0 Å². The normalized spacial score (nSPS) is 17.9. The molecule has 10 nitrogen and oxygen atoms in total. The zero-order chi connectivity index (χ0) is 57.0. The maximum absolute atomic E-state index is 12.9. The van der Waals surface area contributed by atoms with Gasteiger partial charge in [0.05, 0.1) is 12.1 Å². The predicted octanol–water partition coefficient (Wildman–Crippen LogP) is 16.7. The van der Waals surface area contributed by atoms with Crippen LogP contribution in [0, 0.1) is 0 Å². The molecular formula is C68H78N2O8. The Morgan fingerprint density at radius 3 is 1.09 bits per heavy atom. The molecule has 2 heterocycles. The molecule has 1 aliphatic carbocycles. The predicted molar refractivity (Wildman–Crippen MR) is 314 cm³/mol. The first-order valence-corrected chi connectivity index (χ1v) is 27.5. The number of fused-ring (bicyclic) bond motifs is 4. The molecule has 2 aliphatic heterocycles. The lowest BCUT2D eigenvalue weighted by atomic mass is 9.70. The van der Waals surface area contributed by atoms with Gasteiger partial charge in [0.15, 0.2) is 0 Å². The second-order valence-electron chi connectivity index (χ2n) is 27.2. The first kappa shape index (κ1) is 55.6. The molecule has 4 N–H and O–H groups in total. The SMILES string of the molecule is CC(C)(C)c1cc(C(=O)O)c2c(c1)C(C)(C)c1cc(C(C)(C)C)cc(-c3ccc(O)c(C=N[C@@H]4CCCC[C@H]4N=Cc4cc(-c5cc(C(C)(C)C)cc6c5Oc5c(C(=O)O)cc(C(C)(C)C)cc5C6(C)C)ccc4O)c3)c1O2. The molecule has 78 heavy (non-hydrogen) atoms. The number of carbonyl (C=O) groups is 2. The van der Waals surface area contributed by atoms with Gasteiger partial charge in [0.1, 0.15) is 45.6 Å². The summed E-state index contributed by atoms with van der Waals surface area (Å²) in [4.78, 5) is 36.1. The lowest BCUT2D eigenvalue weighted by Crippen LogP contribution is -2.28. The fourth-order valence-electron chi connectivity index (χ4n) is 11.2. The second kappa shape index (κ2) is 19.3. The van der Waals surface area contributed by atoms with Gasteiger partial charge in [-0.3, -0.25) is 9.98 Å². The van der Waals surface area contributed by atoms with Gasteiger partial charge in [0.25, 0.3) is 0 Å². The summed E-state index contributed by atoms with van der Waals surface area (Å²) in [7, 11) is 0. The first-order chi connectivity index (χ1) is 36.2. The van der Waals surface area contributed by atoms with Gasteiger partial charge in [-0.2, -0.15) is 0 Å². The Kier molecular flexibility index (Phi) is 13.8. The Hall–Kier alpha value is -7.20. The van der Waals surface area contributed by atoms with Gasteiger partial charge in [0, 0.05) is 67.8 Å². The number of phenols is 2. The van der Waals surface area contributed by atoms with Crippen molar-refractivity contribution in [3.8, 4) is 56.8 Å². The fourth-order valence-corrected chi connectivity index (χ4v) is 11.2. The van der Waals surface area contributed by atoms with Crippen molar-refractivity contribution < 1.29 is 39.5 Å². The van der Waals surface area contributed by atoms with Crippen LogP contribution >= 0.6 is 0 Å². The molecule has 10 heteroatoms. The number of carboxylic acid groups (broad SMARTS) is 2. The van der Waals surface area contributed by atoms with Crippen molar-refractivity contribution in [3.63, 3.8) is 0 Å². The molecule has 0 radical (unpaired) electrons. The third-order valence-corrected chi connectivity index (χ3v) is 16.6. The largest absolute Gasteiger partial charge is 0.507 e. The van der Waals surface area contributed by atoms with Crippen molar-refractivity contribution in [1.82, 2.24) is 0 Å². The van der Waals surface area contributed by atoms with Crippen molar-refractivity contribution in [2.75, 3.05) is 0 Å². The number of carboxylic acids is 2. The zero-order valence-electron chi connectivity index (χ0n) is 48.5. The lowest BCUT2D eigenvalue weighted by Gasteiger charge is -2.38. The van der Waals surface area contributed by atoms with E-state index in [1.54, 1.807) is 36.7 Å². The van der Waals surface area contributed by atoms with Gasteiger partial charge in [0.2, 0.25) is 0 Å².